The molecule has 1 nitrogen and oxygen atoms in total. The summed E-state index contributed by atoms with van der Waals surface area (Å²) in [7, 11) is 0. The fourth-order valence-corrected chi connectivity index (χ4v) is 1.10. The molecule has 0 radical (unpaired) electrons. The van der Waals surface area contributed by atoms with Crippen molar-refractivity contribution in [2.45, 2.75) is 47.0 Å². The van der Waals surface area contributed by atoms with Crippen molar-refractivity contribution < 1.29 is 0 Å². The normalized spacial score (nSPS) is 7.64. The highest BCUT2D eigenvalue weighted by Crippen LogP contribution is 2.14. The summed E-state index contributed by atoms with van der Waals surface area (Å²) < 4.78 is 0. The molecule has 0 spiro atoms. The van der Waals surface area contributed by atoms with Crippen LogP contribution in [-0.2, 0) is 0 Å². The minimum absolute atomic E-state index is 0. The summed E-state index contributed by atoms with van der Waals surface area (Å²) in [6, 6.07) is 0. The van der Waals surface area contributed by atoms with Gasteiger partial charge in [0.2, 0.25) is 0 Å². The first kappa shape index (κ1) is 17.2. The molecule has 0 saturated heterocycles. The van der Waals surface area contributed by atoms with Gasteiger partial charge in [0.25, 0.3) is 0 Å². The van der Waals surface area contributed by atoms with Crippen LogP contribution in [0.25, 0.3) is 0 Å². The van der Waals surface area contributed by atoms with E-state index in [0.717, 1.165) is 0 Å². The Bertz CT molecular complexity index is 102. The predicted molar refractivity (Wildman–Crippen MR) is 55.8 cm³/mol. The lowest BCUT2D eigenvalue weighted by Gasteiger charge is -2.04. The van der Waals surface area contributed by atoms with E-state index >= 15 is 0 Å². The van der Waals surface area contributed by atoms with Crippen molar-refractivity contribution in [2.75, 3.05) is 0 Å². The monoisotopic (exact) mass is 179 g/mol. The van der Waals surface area contributed by atoms with Gasteiger partial charge in [-0.25, -0.2) is 0 Å². The Balaban J connectivity index is -0.000000320. The van der Waals surface area contributed by atoms with E-state index in [0.29, 0.717) is 0 Å². The minimum Gasteiger partial charge on any atom is -0.344 e. The molecular weight excluding hydrogens is 158 g/mol. The third kappa shape index (κ3) is 6.39. The molecule has 0 aliphatic rings. The zero-order valence-electron chi connectivity index (χ0n) is 8.24. The van der Waals surface area contributed by atoms with Crippen molar-refractivity contribution >= 4 is 12.4 Å². The van der Waals surface area contributed by atoms with Crippen LogP contribution in [0.3, 0.4) is 0 Å². The summed E-state index contributed by atoms with van der Waals surface area (Å²) in [5, 5.41) is 0. The Labute approximate surface area is 77.3 Å². The van der Waals surface area contributed by atoms with E-state index < -0.39 is 0 Å². The molecule has 0 aromatic rings. The fraction of sp³-hybridized carbons (Fsp3) is 0.778. The predicted octanol–water partition coefficient (Wildman–Crippen LogP) is 4.12. The summed E-state index contributed by atoms with van der Waals surface area (Å²) in [4.78, 5) is 0. The average Bonchev–Trinajstić information content (AvgIpc) is 1.90. The Morgan fingerprint density at radius 3 is 1.36 bits per heavy atom. The fourth-order valence-electron chi connectivity index (χ4n) is 1.10. The molecule has 0 amide bonds. The van der Waals surface area contributed by atoms with Crippen molar-refractivity contribution in [2.24, 2.45) is 0 Å². The summed E-state index contributed by atoms with van der Waals surface area (Å²) in [6.07, 6.45) is 3.68. The molecule has 11 heavy (non-hydrogen) atoms. The highest BCUT2D eigenvalue weighted by Gasteiger charge is 1.93. The molecule has 0 aliphatic heterocycles. The van der Waals surface area contributed by atoms with Crippen LogP contribution in [0.4, 0.5) is 0 Å². The van der Waals surface area contributed by atoms with Crippen molar-refractivity contribution in [3.63, 3.8) is 0 Å². The molecule has 0 saturated carbocycles. The van der Waals surface area contributed by atoms with E-state index in [1.165, 1.54) is 19.3 Å². The van der Waals surface area contributed by atoms with Gasteiger partial charge < -0.3 is 6.15 Å². The minimum atomic E-state index is 0. The highest BCUT2D eigenvalue weighted by molar-refractivity contribution is 5.85. The largest absolute Gasteiger partial charge is 0.344 e. The lowest BCUT2D eigenvalue weighted by molar-refractivity contribution is 0.911. The van der Waals surface area contributed by atoms with E-state index in [4.69, 9.17) is 0 Å². The van der Waals surface area contributed by atoms with Gasteiger partial charge >= 0.3 is 0 Å². The van der Waals surface area contributed by atoms with E-state index in [9.17, 15) is 0 Å². The average molecular weight is 180 g/mol. The van der Waals surface area contributed by atoms with Gasteiger partial charge in [-0.05, 0) is 26.2 Å². The maximum Gasteiger partial charge on any atom is -0.0346 e. The topological polar surface area (TPSA) is 35.0 Å². The summed E-state index contributed by atoms with van der Waals surface area (Å²) >= 11 is 0. The second kappa shape index (κ2) is 9.99. The molecule has 0 aromatic heterocycles. The molecule has 0 bridgehead atoms. The first-order valence-electron chi connectivity index (χ1n) is 3.93. The third-order valence-corrected chi connectivity index (χ3v) is 1.99. The van der Waals surface area contributed by atoms with E-state index in [1.54, 1.807) is 11.1 Å². The van der Waals surface area contributed by atoms with Gasteiger partial charge in [-0.15, -0.1) is 12.4 Å². The van der Waals surface area contributed by atoms with E-state index in [-0.39, 0.29) is 18.6 Å². The summed E-state index contributed by atoms with van der Waals surface area (Å²) in [6.45, 7) is 8.93. The number of hydrogen-bond acceptors (Lipinski definition) is 1. The number of hydrogen-bond donors (Lipinski definition) is 1. The van der Waals surface area contributed by atoms with Gasteiger partial charge in [0.1, 0.15) is 0 Å². The zero-order chi connectivity index (χ0) is 7.28. The van der Waals surface area contributed by atoms with Crippen molar-refractivity contribution in [1.29, 1.82) is 0 Å². The summed E-state index contributed by atoms with van der Waals surface area (Å²) in [5.74, 6) is 0. The van der Waals surface area contributed by atoms with Gasteiger partial charge in [-0.1, -0.05) is 31.9 Å². The molecule has 0 aromatic carbocycles. The molecule has 2 heteroatoms. The Morgan fingerprint density at radius 1 is 0.909 bits per heavy atom. The summed E-state index contributed by atoms with van der Waals surface area (Å²) in [5.41, 5.74) is 3.22. The van der Waals surface area contributed by atoms with Crippen molar-refractivity contribution in [1.82, 2.24) is 6.15 Å². The Kier molecular flexibility index (Phi) is 15.6. The number of halogens is 1. The second-order valence-corrected chi connectivity index (χ2v) is 2.44. The van der Waals surface area contributed by atoms with Crippen molar-refractivity contribution in [3.8, 4) is 0 Å². The van der Waals surface area contributed by atoms with Gasteiger partial charge in [0.05, 0.1) is 0 Å². The SMILES string of the molecule is CCC(C)=C(CC)CC.Cl.N. The zero-order valence-corrected chi connectivity index (χ0v) is 9.05. The lowest BCUT2D eigenvalue weighted by atomic mass is 10.0. The molecular formula is C9H22ClN. The first-order valence-corrected chi connectivity index (χ1v) is 3.93. The van der Waals surface area contributed by atoms with Gasteiger partial charge in [0.15, 0.2) is 0 Å². The van der Waals surface area contributed by atoms with Gasteiger partial charge in [-0.3, -0.25) is 0 Å². The van der Waals surface area contributed by atoms with E-state index in [1.807, 2.05) is 0 Å². The second-order valence-electron chi connectivity index (χ2n) is 2.44. The maximum atomic E-state index is 2.24. The van der Waals surface area contributed by atoms with Crippen LogP contribution in [0.15, 0.2) is 11.1 Å². The van der Waals surface area contributed by atoms with Crippen LogP contribution in [0.5, 0.6) is 0 Å². The highest BCUT2D eigenvalue weighted by atomic mass is 35.5. The molecule has 3 N–H and O–H groups in total. The van der Waals surface area contributed by atoms with Crippen LogP contribution < -0.4 is 6.15 Å². The smallest absolute Gasteiger partial charge is 0.0346 e. The molecule has 0 unspecified atom stereocenters. The van der Waals surface area contributed by atoms with Crippen LogP contribution in [0.1, 0.15) is 47.0 Å². The molecule has 0 rings (SSSR count). The van der Waals surface area contributed by atoms with E-state index in [2.05, 4.69) is 27.7 Å². The molecule has 0 atom stereocenters. The van der Waals surface area contributed by atoms with Crippen LogP contribution in [0, 0.1) is 0 Å². The number of allylic oxidation sites excluding steroid dienone is 2. The molecule has 70 valence electrons. The Hall–Kier alpha value is -0.0100. The quantitative estimate of drug-likeness (QED) is 0.650. The van der Waals surface area contributed by atoms with Crippen LogP contribution >= 0.6 is 12.4 Å². The van der Waals surface area contributed by atoms with Gasteiger partial charge in [-0.2, -0.15) is 0 Å². The number of rotatable bonds is 3. The Morgan fingerprint density at radius 2 is 1.27 bits per heavy atom. The standard InChI is InChI=1S/C9H18.ClH.H3N/c1-5-8(4)9(6-2)7-3;;/h5-7H2,1-4H3;1H;1H3. The maximum absolute atomic E-state index is 2.24. The van der Waals surface area contributed by atoms with Crippen molar-refractivity contribution in [3.05, 3.63) is 11.1 Å². The van der Waals surface area contributed by atoms with Crippen LogP contribution in [0.2, 0.25) is 0 Å². The first-order chi connectivity index (χ1) is 4.26. The lowest BCUT2D eigenvalue weighted by Crippen LogP contribution is -1.83. The molecule has 0 heterocycles. The third-order valence-electron chi connectivity index (χ3n) is 1.99. The molecule has 0 aliphatic carbocycles. The molecule has 0 fully saturated rings. The van der Waals surface area contributed by atoms with Crippen LogP contribution in [-0.4, -0.2) is 0 Å². The van der Waals surface area contributed by atoms with Gasteiger partial charge in [0, 0.05) is 0 Å².